The fourth-order valence-corrected chi connectivity index (χ4v) is 2.89. The highest BCUT2D eigenvalue weighted by Crippen LogP contribution is 2.29. The van der Waals surface area contributed by atoms with Crippen LogP contribution in [0.15, 0.2) is 18.2 Å². The summed E-state index contributed by atoms with van der Waals surface area (Å²) in [4.78, 5) is 24.8. The van der Waals surface area contributed by atoms with Crippen LogP contribution in [0.2, 0.25) is 5.02 Å². The van der Waals surface area contributed by atoms with Crippen molar-refractivity contribution >= 4 is 29.3 Å². The van der Waals surface area contributed by atoms with Gasteiger partial charge in [-0.25, -0.2) is 13.6 Å². The number of hydrogen-bond donors (Lipinski definition) is 2. The lowest BCUT2D eigenvalue weighted by Crippen LogP contribution is -2.42. The lowest BCUT2D eigenvalue weighted by Gasteiger charge is -2.32. The summed E-state index contributed by atoms with van der Waals surface area (Å²) in [6.07, 6.45) is -1.19. The summed E-state index contributed by atoms with van der Waals surface area (Å²) in [5, 5.41) is 11.8. The topological polar surface area (TPSA) is 78.9 Å². The van der Waals surface area contributed by atoms with Gasteiger partial charge in [-0.3, -0.25) is 4.79 Å². The molecule has 1 fully saturated rings. The molecule has 2 rings (SSSR count). The van der Waals surface area contributed by atoms with E-state index < -0.39 is 25.0 Å². The first-order valence-electron chi connectivity index (χ1n) is 7.83. The molecular formula is C16H19ClF2N2O4. The number of amides is 2. The van der Waals surface area contributed by atoms with Crippen molar-refractivity contribution in [1.29, 1.82) is 0 Å². The van der Waals surface area contributed by atoms with Gasteiger partial charge < -0.3 is 20.1 Å². The third-order valence-electron chi connectivity index (χ3n) is 3.82. The number of halogens is 3. The van der Waals surface area contributed by atoms with Crippen LogP contribution in [0.1, 0.15) is 19.3 Å². The molecule has 1 heterocycles. The van der Waals surface area contributed by atoms with Crippen LogP contribution in [0.5, 0.6) is 5.75 Å². The standard InChI is InChI=1S/C16H19ClF2N2O4/c17-11-3-4-12(13(7-11)25-9-14(18)19)20-16(24)21-5-1-2-10(8-21)6-15(22)23/h3-4,7,10,14H,1-2,5-6,8-9H2,(H,20,24)(H,22,23). The number of urea groups is 1. The maximum atomic E-state index is 12.4. The quantitative estimate of drug-likeness (QED) is 0.793. The van der Waals surface area contributed by atoms with Crippen molar-refractivity contribution in [3.8, 4) is 5.75 Å². The average Bonchev–Trinajstić information content (AvgIpc) is 2.54. The number of hydrogen-bond acceptors (Lipinski definition) is 3. The fourth-order valence-electron chi connectivity index (χ4n) is 2.73. The number of carbonyl (C=O) groups excluding carboxylic acids is 1. The minimum Gasteiger partial charge on any atom is -0.485 e. The predicted molar refractivity (Wildman–Crippen MR) is 88.5 cm³/mol. The Morgan fingerprint density at radius 1 is 1.44 bits per heavy atom. The molecule has 9 heteroatoms. The molecule has 0 bridgehead atoms. The van der Waals surface area contributed by atoms with Gasteiger partial charge >= 0.3 is 12.0 Å². The molecule has 0 aromatic heterocycles. The largest absolute Gasteiger partial charge is 0.485 e. The van der Waals surface area contributed by atoms with E-state index in [1.165, 1.54) is 23.1 Å². The number of alkyl halides is 2. The van der Waals surface area contributed by atoms with Crippen LogP contribution in [0, 0.1) is 5.92 Å². The zero-order valence-electron chi connectivity index (χ0n) is 13.4. The lowest BCUT2D eigenvalue weighted by atomic mass is 9.95. The molecule has 1 aromatic rings. The molecule has 138 valence electrons. The summed E-state index contributed by atoms with van der Waals surface area (Å²) < 4.78 is 29.7. The monoisotopic (exact) mass is 376 g/mol. The SMILES string of the molecule is O=C(O)CC1CCCN(C(=O)Nc2ccc(Cl)cc2OCC(F)F)C1. The highest BCUT2D eigenvalue weighted by atomic mass is 35.5. The van der Waals surface area contributed by atoms with E-state index >= 15 is 0 Å². The molecule has 1 atom stereocenters. The molecule has 1 unspecified atom stereocenters. The van der Waals surface area contributed by atoms with Gasteiger partial charge in [-0.05, 0) is 30.9 Å². The zero-order chi connectivity index (χ0) is 18.4. The molecule has 2 N–H and O–H groups in total. The molecule has 6 nitrogen and oxygen atoms in total. The van der Waals surface area contributed by atoms with Crippen LogP contribution in [-0.2, 0) is 4.79 Å². The number of nitrogens with one attached hydrogen (secondary N) is 1. The number of ether oxygens (including phenoxy) is 1. The Morgan fingerprint density at radius 3 is 2.88 bits per heavy atom. The second-order valence-corrected chi connectivity index (χ2v) is 6.26. The molecule has 1 aliphatic rings. The van der Waals surface area contributed by atoms with Gasteiger partial charge in [0.2, 0.25) is 0 Å². The maximum Gasteiger partial charge on any atom is 0.321 e. The Labute approximate surface area is 148 Å². The van der Waals surface area contributed by atoms with Gasteiger partial charge in [-0.2, -0.15) is 0 Å². The van der Waals surface area contributed by atoms with Crippen LogP contribution in [-0.4, -0.2) is 48.1 Å². The summed E-state index contributed by atoms with van der Waals surface area (Å²) >= 11 is 5.84. The summed E-state index contributed by atoms with van der Waals surface area (Å²) in [7, 11) is 0. The summed E-state index contributed by atoms with van der Waals surface area (Å²) in [5.74, 6) is -0.940. The van der Waals surface area contributed by atoms with Crippen molar-refractivity contribution in [3.05, 3.63) is 23.2 Å². The van der Waals surface area contributed by atoms with Crippen LogP contribution in [0.3, 0.4) is 0 Å². The minimum absolute atomic E-state index is 0.00742. The highest BCUT2D eigenvalue weighted by molar-refractivity contribution is 6.30. The Morgan fingerprint density at radius 2 is 2.20 bits per heavy atom. The Balaban J connectivity index is 2.03. The molecule has 0 spiro atoms. The molecule has 0 saturated carbocycles. The van der Waals surface area contributed by atoms with E-state index in [1.807, 2.05) is 0 Å². The van der Waals surface area contributed by atoms with Crippen molar-refractivity contribution in [2.75, 3.05) is 25.0 Å². The van der Waals surface area contributed by atoms with E-state index in [9.17, 15) is 18.4 Å². The minimum atomic E-state index is -2.65. The van der Waals surface area contributed by atoms with Crippen LogP contribution < -0.4 is 10.1 Å². The van der Waals surface area contributed by atoms with Gasteiger partial charge in [-0.15, -0.1) is 0 Å². The lowest BCUT2D eigenvalue weighted by molar-refractivity contribution is -0.138. The van der Waals surface area contributed by atoms with E-state index in [0.29, 0.717) is 24.5 Å². The normalized spacial score (nSPS) is 17.4. The van der Waals surface area contributed by atoms with E-state index in [1.54, 1.807) is 0 Å². The van der Waals surface area contributed by atoms with Crippen molar-refractivity contribution < 1.29 is 28.2 Å². The molecule has 1 saturated heterocycles. The van der Waals surface area contributed by atoms with Gasteiger partial charge in [0.15, 0.2) is 0 Å². The van der Waals surface area contributed by atoms with E-state index in [0.717, 1.165) is 6.42 Å². The van der Waals surface area contributed by atoms with Crippen molar-refractivity contribution in [3.63, 3.8) is 0 Å². The Bertz CT molecular complexity index is 630. The molecule has 2 amide bonds. The van der Waals surface area contributed by atoms with Crippen LogP contribution in [0.4, 0.5) is 19.3 Å². The van der Waals surface area contributed by atoms with Gasteiger partial charge in [0.1, 0.15) is 12.4 Å². The fraction of sp³-hybridized carbons (Fsp3) is 0.500. The van der Waals surface area contributed by atoms with Gasteiger partial charge in [0.05, 0.1) is 5.69 Å². The number of likely N-dealkylation sites (tertiary alicyclic amines) is 1. The van der Waals surface area contributed by atoms with Crippen molar-refractivity contribution in [2.45, 2.75) is 25.7 Å². The smallest absolute Gasteiger partial charge is 0.321 e. The number of carbonyl (C=O) groups is 2. The van der Waals surface area contributed by atoms with Gasteiger partial charge in [-0.1, -0.05) is 11.6 Å². The Hall–Kier alpha value is -2.09. The van der Waals surface area contributed by atoms with E-state index in [4.69, 9.17) is 21.4 Å². The first-order valence-corrected chi connectivity index (χ1v) is 8.21. The second kappa shape index (κ2) is 8.84. The predicted octanol–water partition coefficient (Wildman–Crippen LogP) is 3.70. The van der Waals surface area contributed by atoms with Gasteiger partial charge in [0, 0.05) is 30.6 Å². The summed E-state index contributed by atoms with van der Waals surface area (Å²) in [6, 6.07) is 3.90. The maximum absolute atomic E-state index is 12.4. The van der Waals surface area contributed by atoms with Crippen molar-refractivity contribution in [2.24, 2.45) is 5.92 Å². The molecule has 0 aliphatic carbocycles. The third kappa shape index (κ3) is 6.04. The number of rotatable bonds is 6. The number of benzene rings is 1. The van der Waals surface area contributed by atoms with E-state index in [-0.39, 0.29) is 23.8 Å². The second-order valence-electron chi connectivity index (χ2n) is 5.82. The first kappa shape index (κ1) is 19.2. The summed E-state index contributed by atoms with van der Waals surface area (Å²) in [5.41, 5.74) is 0.232. The first-order chi connectivity index (χ1) is 11.8. The number of piperidine rings is 1. The molecular weight excluding hydrogens is 358 g/mol. The highest BCUT2D eigenvalue weighted by Gasteiger charge is 2.25. The van der Waals surface area contributed by atoms with E-state index in [2.05, 4.69) is 5.32 Å². The molecule has 0 radical (unpaired) electrons. The third-order valence-corrected chi connectivity index (χ3v) is 4.05. The Kier molecular flexibility index (Phi) is 6.81. The molecule has 25 heavy (non-hydrogen) atoms. The number of nitrogens with zero attached hydrogens (tertiary/aromatic N) is 1. The number of anilines is 1. The number of carboxylic acids is 1. The van der Waals surface area contributed by atoms with Gasteiger partial charge in [0.25, 0.3) is 6.43 Å². The van der Waals surface area contributed by atoms with Crippen LogP contribution >= 0.6 is 11.6 Å². The van der Waals surface area contributed by atoms with Crippen LogP contribution in [0.25, 0.3) is 0 Å². The molecule has 1 aromatic carbocycles. The zero-order valence-corrected chi connectivity index (χ0v) is 14.1. The van der Waals surface area contributed by atoms with Crippen molar-refractivity contribution in [1.82, 2.24) is 4.90 Å². The number of aliphatic carboxylic acids is 1. The molecule has 1 aliphatic heterocycles. The number of carboxylic acid groups (broad SMARTS) is 1. The summed E-state index contributed by atoms with van der Waals surface area (Å²) in [6.45, 7) is 0.0231. The average molecular weight is 377 g/mol.